The van der Waals surface area contributed by atoms with E-state index < -0.39 is 23.7 Å². The van der Waals surface area contributed by atoms with Crippen LogP contribution in [-0.4, -0.2) is 34.8 Å². The maximum atomic E-state index is 13.7. The Hall–Kier alpha value is -2.13. The van der Waals surface area contributed by atoms with Crippen LogP contribution in [0.3, 0.4) is 0 Å². The Morgan fingerprint density at radius 3 is 2.33 bits per heavy atom. The molecule has 1 aliphatic heterocycles. The van der Waals surface area contributed by atoms with Gasteiger partial charge in [-0.2, -0.15) is 23.3 Å². The van der Waals surface area contributed by atoms with Crippen molar-refractivity contribution in [2.24, 2.45) is 10.5 Å². The van der Waals surface area contributed by atoms with Gasteiger partial charge in [0.1, 0.15) is 5.75 Å². The molecular formula is C18H20F3N3O2S. The van der Waals surface area contributed by atoms with Gasteiger partial charge in [-0.1, -0.05) is 20.8 Å². The highest BCUT2D eigenvalue weighted by molar-refractivity contribution is 7.14. The minimum Gasteiger partial charge on any atom is -0.497 e. The zero-order valence-corrected chi connectivity index (χ0v) is 16.1. The van der Waals surface area contributed by atoms with Crippen LogP contribution in [0.5, 0.6) is 5.75 Å². The molecule has 0 bridgehead atoms. The second-order valence-electron chi connectivity index (χ2n) is 7.34. The van der Waals surface area contributed by atoms with Crippen LogP contribution in [0.15, 0.2) is 34.7 Å². The SMILES string of the molecule is COc1ccc(-c2csc(N3N=C(C(C)(C)C)C[C@@]3(O)C(F)(F)F)n2)cc1. The fourth-order valence-electron chi connectivity index (χ4n) is 2.64. The number of benzene rings is 1. The highest BCUT2D eigenvalue weighted by atomic mass is 32.1. The van der Waals surface area contributed by atoms with Crippen LogP contribution in [0.4, 0.5) is 18.3 Å². The van der Waals surface area contributed by atoms with Crippen molar-refractivity contribution in [1.29, 1.82) is 0 Å². The Balaban J connectivity index is 1.99. The van der Waals surface area contributed by atoms with Crippen LogP contribution in [0.1, 0.15) is 27.2 Å². The first-order chi connectivity index (χ1) is 12.5. The summed E-state index contributed by atoms with van der Waals surface area (Å²) in [5.74, 6) is 0.666. The summed E-state index contributed by atoms with van der Waals surface area (Å²) in [6, 6.07) is 7.02. The molecule has 9 heteroatoms. The predicted octanol–water partition coefficient (Wildman–Crippen LogP) is 4.68. The summed E-state index contributed by atoms with van der Waals surface area (Å²) in [7, 11) is 1.55. The van der Waals surface area contributed by atoms with Crippen molar-refractivity contribution in [3.63, 3.8) is 0 Å². The molecule has 0 saturated heterocycles. The highest BCUT2D eigenvalue weighted by Gasteiger charge is 2.63. The van der Waals surface area contributed by atoms with Gasteiger partial charge in [0.15, 0.2) is 0 Å². The summed E-state index contributed by atoms with van der Waals surface area (Å²) in [5.41, 5.74) is -2.22. The molecule has 146 valence electrons. The monoisotopic (exact) mass is 399 g/mol. The van der Waals surface area contributed by atoms with E-state index in [0.717, 1.165) is 16.9 Å². The average Bonchev–Trinajstić information content (AvgIpc) is 3.19. The number of aromatic nitrogens is 1. The summed E-state index contributed by atoms with van der Waals surface area (Å²) in [5, 5.41) is 16.8. The van der Waals surface area contributed by atoms with Crippen molar-refractivity contribution >= 4 is 22.2 Å². The maximum Gasteiger partial charge on any atom is 0.438 e. The second kappa shape index (κ2) is 6.49. The van der Waals surface area contributed by atoms with Crippen molar-refractivity contribution < 1.29 is 23.0 Å². The lowest BCUT2D eigenvalue weighted by Crippen LogP contribution is -2.55. The fourth-order valence-corrected chi connectivity index (χ4v) is 3.49. The van der Waals surface area contributed by atoms with Gasteiger partial charge >= 0.3 is 6.18 Å². The lowest BCUT2D eigenvalue weighted by Gasteiger charge is -2.32. The van der Waals surface area contributed by atoms with E-state index in [4.69, 9.17) is 4.74 Å². The fraction of sp³-hybridized carbons (Fsp3) is 0.444. The Kier molecular flexibility index (Phi) is 4.72. The Morgan fingerprint density at radius 1 is 1.19 bits per heavy atom. The lowest BCUT2D eigenvalue weighted by atomic mass is 9.86. The number of hydrazone groups is 1. The molecule has 1 aliphatic rings. The minimum atomic E-state index is -4.88. The number of methoxy groups -OCH3 is 1. The van der Waals surface area contributed by atoms with Gasteiger partial charge in [-0.15, -0.1) is 11.3 Å². The van der Waals surface area contributed by atoms with Gasteiger partial charge in [0.25, 0.3) is 5.72 Å². The third-order valence-electron chi connectivity index (χ3n) is 4.36. The molecule has 0 aliphatic carbocycles. The molecule has 0 saturated carbocycles. The molecule has 0 amide bonds. The van der Waals surface area contributed by atoms with Crippen LogP contribution in [-0.2, 0) is 0 Å². The number of thiazole rings is 1. The smallest absolute Gasteiger partial charge is 0.438 e. The van der Waals surface area contributed by atoms with Gasteiger partial charge in [-0.25, -0.2) is 4.98 Å². The molecule has 2 aromatic rings. The molecular weight excluding hydrogens is 379 g/mol. The van der Waals surface area contributed by atoms with E-state index in [9.17, 15) is 18.3 Å². The number of hydrogen-bond donors (Lipinski definition) is 1. The number of alkyl halides is 3. The molecule has 0 fully saturated rings. The molecule has 1 N–H and O–H groups in total. The van der Waals surface area contributed by atoms with Gasteiger partial charge < -0.3 is 9.84 Å². The van der Waals surface area contributed by atoms with E-state index in [1.807, 2.05) is 0 Å². The standard InChI is InChI=1S/C18H20F3N3O2S/c1-16(2,3)14-9-17(25,18(19,20)21)24(23-14)15-22-13(10-27-15)11-5-7-12(26-4)8-6-11/h5-8,10,25H,9H2,1-4H3/t17-/m1/s1. The largest absolute Gasteiger partial charge is 0.497 e. The third-order valence-corrected chi connectivity index (χ3v) is 5.18. The van der Waals surface area contributed by atoms with Gasteiger partial charge in [-0.3, -0.25) is 0 Å². The van der Waals surface area contributed by atoms with Gasteiger partial charge in [0, 0.05) is 28.5 Å². The normalized spacial score (nSPS) is 20.7. The zero-order valence-electron chi connectivity index (χ0n) is 15.3. The van der Waals surface area contributed by atoms with E-state index in [2.05, 4.69) is 10.1 Å². The third kappa shape index (κ3) is 3.53. The van der Waals surface area contributed by atoms with Crippen LogP contribution < -0.4 is 9.75 Å². The van der Waals surface area contributed by atoms with Crippen LogP contribution >= 0.6 is 11.3 Å². The first-order valence-corrected chi connectivity index (χ1v) is 9.11. The molecule has 27 heavy (non-hydrogen) atoms. The number of rotatable bonds is 3. The van der Waals surface area contributed by atoms with Crippen LogP contribution in [0.2, 0.25) is 0 Å². The Labute approximate surface area is 159 Å². The highest BCUT2D eigenvalue weighted by Crippen LogP contribution is 2.46. The summed E-state index contributed by atoms with van der Waals surface area (Å²) in [6.45, 7) is 5.28. The average molecular weight is 399 g/mol. The van der Waals surface area contributed by atoms with Crippen LogP contribution in [0.25, 0.3) is 11.3 Å². The van der Waals surface area contributed by atoms with Crippen molar-refractivity contribution in [2.45, 2.75) is 39.1 Å². The van der Waals surface area contributed by atoms with Crippen molar-refractivity contribution in [3.8, 4) is 17.0 Å². The van der Waals surface area contributed by atoms with E-state index in [1.54, 1.807) is 57.5 Å². The van der Waals surface area contributed by atoms with Crippen LogP contribution in [0, 0.1) is 5.41 Å². The Morgan fingerprint density at radius 2 is 1.81 bits per heavy atom. The van der Waals surface area contributed by atoms with Crippen molar-refractivity contribution in [2.75, 3.05) is 12.1 Å². The minimum absolute atomic E-state index is 0.0140. The van der Waals surface area contributed by atoms with Gasteiger partial charge in [-0.05, 0) is 24.3 Å². The van der Waals surface area contributed by atoms with Crippen molar-refractivity contribution in [3.05, 3.63) is 29.6 Å². The summed E-state index contributed by atoms with van der Waals surface area (Å²) >= 11 is 0.999. The number of halogens is 3. The first-order valence-electron chi connectivity index (χ1n) is 8.23. The second-order valence-corrected chi connectivity index (χ2v) is 8.18. The molecule has 2 heterocycles. The molecule has 1 atom stereocenters. The number of anilines is 1. The molecule has 1 aromatic carbocycles. The van der Waals surface area contributed by atoms with Crippen molar-refractivity contribution in [1.82, 2.24) is 4.98 Å². The van der Waals surface area contributed by atoms with E-state index in [1.165, 1.54) is 0 Å². The first kappa shape index (κ1) is 19.6. The zero-order chi connectivity index (χ0) is 20.0. The van der Waals surface area contributed by atoms with E-state index in [-0.39, 0.29) is 10.8 Å². The molecule has 1 aromatic heterocycles. The molecule has 3 rings (SSSR count). The number of hydrogen-bond acceptors (Lipinski definition) is 6. The number of ether oxygens (including phenoxy) is 1. The maximum absolute atomic E-state index is 13.7. The molecule has 0 radical (unpaired) electrons. The topological polar surface area (TPSA) is 58.0 Å². The molecule has 0 unspecified atom stereocenters. The number of nitrogens with zero attached hydrogens (tertiary/aromatic N) is 3. The summed E-state index contributed by atoms with van der Waals surface area (Å²) in [4.78, 5) is 4.28. The lowest BCUT2D eigenvalue weighted by molar-refractivity contribution is -0.254. The van der Waals surface area contributed by atoms with Gasteiger partial charge in [0.05, 0.1) is 12.8 Å². The summed E-state index contributed by atoms with van der Waals surface area (Å²) in [6.07, 6.45) is -5.49. The quantitative estimate of drug-likeness (QED) is 0.814. The molecule has 0 spiro atoms. The number of aliphatic hydroxyl groups is 1. The van der Waals surface area contributed by atoms with Gasteiger partial charge in [0.2, 0.25) is 5.13 Å². The van der Waals surface area contributed by atoms with E-state index in [0.29, 0.717) is 16.5 Å². The molecule has 5 nitrogen and oxygen atoms in total. The summed E-state index contributed by atoms with van der Waals surface area (Å²) < 4.78 is 46.1. The van der Waals surface area contributed by atoms with E-state index >= 15 is 0 Å². The predicted molar refractivity (Wildman–Crippen MR) is 99.1 cm³/mol. The Bertz CT molecular complexity index is 856.